The molecule has 1 amide bonds. The topological polar surface area (TPSA) is 50.6 Å². The molecule has 3 heterocycles. The molecule has 2 aliphatic heterocycles. The molecule has 1 saturated carbocycles. The van der Waals surface area contributed by atoms with Gasteiger partial charge in [-0.15, -0.1) is 0 Å². The minimum atomic E-state index is -0.785. The van der Waals surface area contributed by atoms with Crippen LogP contribution in [0.2, 0.25) is 0 Å². The van der Waals surface area contributed by atoms with E-state index in [9.17, 15) is 4.79 Å². The smallest absolute Gasteiger partial charge is 0.257 e. The van der Waals surface area contributed by atoms with Crippen LogP contribution in [0.1, 0.15) is 36.4 Å². The Labute approximate surface area is 178 Å². The fraction of sp³-hybridized carbons (Fsp3) is 0.583. The molecule has 6 nitrogen and oxygen atoms in total. The van der Waals surface area contributed by atoms with Crippen LogP contribution in [-0.4, -0.2) is 70.4 Å². The van der Waals surface area contributed by atoms with Crippen LogP contribution in [0.4, 0.5) is 0 Å². The maximum atomic E-state index is 13.8. The molecule has 1 aromatic carbocycles. The first-order chi connectivity index (χ1) is 14.7. The lowest BCUT2D eigenvalue weighted by molar-refractivity contribution is -0.173. The molecule has 5 rings (SSSR count). The van der Waals surface area contributed by atoms with E-state index in [-0.39, 0.29) is 11.8 Å². The highest BCUT2D eigenvalue weighted by molar-refractivity contribution is 5.88. The Hall–Kier alpha value is -2.18. The zero-order chi connectivity index (χ0) is 20.6. The molecule has 0 unspecified atom stereocenters. The summed E-state index contributed by atoms with van der Waals surface area (Å²) in [6.45, 7) is 4.66. The molecular formula is C24H32N4O2. The SMILES string of the molecule is Cn1nccc1[C@@H]1CN(CCc2ccccc2)C[C@@]12OCCN(CC1CCC1)C2=O. The Kier molecular flexibility index (Phi) is 5.37. The van der Waals surface area contributed by atoms with Gasteiger partial charge in [-0.1, -0.05) is 36.8 Å². The van der Waals surface area contributed by atoms with E-state index in [1.165, 1.54) is 24.8 Å². The summed E-state index contributed by atoms with van der Waals surface area (Å²) in [5.74, 6) is 0.876. The molecule has 0 bridgehead atoms. The largest absolute Gasteiger partial charge is 0.361 e. The fourth-order valence-corrected chi connectivity index (χ4v) is 5.37. The molecule has 0 radical (unpaired) electrons. The van der Waals surface area contributed by atoms with Gasteiger partial charge in [-0.25, -0.2) is 0 Å². The fourth-order valence-electron chi connectivity index (χ4n) is 5.37. The summed E-state index contributed by atoms with van der Waals surface area (Å²) >= 11 is 0. The Morgan fingerprint density at radius 2 is 2.03 bits per heavy atom. The molecule has 1 aromatic heterocycles. The highest BCUT2D eigenvalue weighted by Crippen LogP contribution is 2.42. The molecule has 2 atom stereocenters. The van der Waals surface area contributed by atoms with Crippen molar-refractivity contribution in [1.29, 1.82) is 0 Å². The number of carbonyl (C=O) groups excluding carboxylic acids is 1. The third-order valence-corrected chi connectivity index (χ3v) is 7.31. The van der Waals surface area contributed by atoms with Gasteiger partial charge in [-0.05, 0) is 36.8 Å². The van der Waals surface area contributed by atoms with Crippen LogP contribution in [-0.2, 0) is 23.0 Å². The van der Waals surface area contributed by atoms with Gasteiger partial charge in [-0.3, -0.25) is 14.4 Å². The Morgan fingerprint density at radius 3 is 2.73 bits per heavy atom. The van der Waals surface area contributed by atoms with Crippen LogP contribution in [0.25, 0.3) is 0 Å². The van der Waals surface area contributed by atoms with E-state index in [1.807, 2.05) is 17.9 Å². The van der Waals surface area contributed by atoms with E-state index in [0.717, 1.165) is 38.3 Å². The first-order valence-corrected chi connectivity index (χ1v) is 11.3. The van der Waals surface area contributed by atoms with Gasteiger partial charge >= 0.3 is 0 Å². The molecule has 160 valence electrons. The minimum Gasteiger partial charge on any atom is -0.361 e. The highest BCUT2D eigenvalue weighted by Gasteiger charge is 2.57. The van der Waals surface area contributed by atoms with Crippen molar-refractivity contribution in [2.75, 3.05) is 39.3 Å². The van der Waals surface area contributed by atoms with Gasteiger partial charge in [0.25, 0.3) is 5.91 Å². The second kappa shape index (κ2) is 8.16. The molecule has 3 fully saturated rings. The summed E-state index contributed by atoms with van der Waals surface area (Å²) in [6.07, 6.45) is 6.63. The number of ether oxygens (including phenoxy) is 1. The quantitative estimate of drug-likeness (QED) is 0.737. The van der Waals surface area contributed by atoms with Gasteiger partial charge < -0.3 is 9.64 Å². The molecule has 30 heavy (non-hydrogen) atoms. The van der Waals surface area contributed by atoms with Crippen LogP contribution in [0.5, 0.6) is 0 Å². The van der Waals surface area contributed by atoms with E-state index in [2.05, 4.69) is 51.3 Å². The number of benzene rings is 1. The molecule has 2 aromatic rings. The van der Waals surface area contributed by atoms with Crippen molar-refractivity contribution in [1.82, 2.24) is 19.6 Å². The van der Waals surface area contributed by atoms with E-state index in [1.54, 1.807) is 0 Å². The predicted octanol–water partition coefficient (Wildman–Crippen LogP) is 2.46. The summed E-state index contributed by atoms with van der Waals surface area (Å²) in [4.78, 5) is 18.3. The predicted molar refractivity (Wildman–Crippen MR) is 115 cm³/mol. The number of carbonyl (C=O) groups is 1. The first-order valence-electron chi connectivity index (χ1n) is 11.3. The van der Waals surface area contributed by atoms with Crippen molar-refractivity contribution in [3.05, 3.63) is 53.9 Å². The number of hydrogen-bond acceptors (Lipinski definition) is 4. The molecule has 3 aliphatic rings. The van der Waals surface area contributed by atoms with Crippen LogP contribution in [0.15, 0.2) is 42.6 Å². The summed E-state index contributed by atoms with van der Waals surface area (Å²) in [5.41, 5.74) is 1.64. The molecule has 2 saturated heterocycles. The van der Waals surface area contributed by atoms with E-state index in [0.29, 0.717) is 19.1 Å². The van der Waals surface area contributed by atoms with E-state index >= 15 is 0 Å². The summed E-state index contributed by atoms with van der Waals surface area (Å²) in [6, 6.07) is 12.6. The van der Waals surface area contributed by atoms with Gasteiger partial charge in [0.1, 0.15) is 0 Å². The van der Waals surface area contributed by atoms with Gasteiger partial charge in [0, 0.05) is 51.7 Å². The molecule has 1 aliphatic carbocycles. The van der Waals surface area contributed by atoms with E-state index in [4.69, 9.17) is 4.74 Å². The molecular weight excluding hydrogens is 376 g/mol. The molecule has 6 heteroatoms. The maximum Gasteiger partial charge on any atom is 0.257 e. The van der Waals surface area contributed by atoms with Gasteiger partial charge in [-0.2, -0.15) is 5.10 Å². The number of rotatable bonds is 6. The van der Waals surface area contributed by atoms with Crippen LogP contribution in [0, 0.1) is 5.92 Å². The number of morpholine rings is 1. The number of amides is 1. The Bertz CT molecular complexity index is 878. The number of aryl methyl sites for hydroxylation is 1. The van der Waals surface area contributed by atoms with Crippen LogP contribution < -0.4 is 0 Å². The van der Waals surface area contributed by atoms with Crippen LogP contribution in [0.3, 0.4) is 0 Å². The average molecular weight is 409 g/mol. The summed E-state index contributed by atoms with van der Waals surface area (Å²) in [5, 5.41) is 4.39. The number of aromatic nitrogens is 2. The van der Waals surface area contributed by atoms with Crippen molar-refractivity contribution in [2.45, 2.75) is 37.2 Å². The summed E-state index contributed by atoms with van der Waals surface area (Å²) in [7, 11) is 1.97. The van der Waals surface area contributed by atoms with Gasteiger partial charge in [0.15, 0.2) is 5.60 Å². The third kappa shape index (κ3) is 3.56. The number of likely N-dealkylation sites (tertiary alicyclic amines) is 1. The van der Waals surface area contributed by atoms with Crippen molar-refractivity contribution < 1.29 is 9.53 Å². The molecule has 1 spiro atoms. The second-order valence-corrected chi connectivity index (χ2v) is 9.19. The lowest BCUT2D eigenvalue weighted by Gasteiger charge is -2.44. The highest BCUT2D eigenvalue weighted by atomic mass is 16.5. The third-order valence-electron chi connectivity index (χ3n) is 7.31. The number of nitrogens with zero attached hydrogens (tertiary/aromatic N) is 4. The van der Waals surface area contributed by atoms with E-state index < -0.39 is 5.60 Å². The van der Waals surface area contributed by atoms with Gasteiger partial charge in [0.05, 0.1) is 12.5 Å². The van der Waals surface area contributed by atoms with Gasteiger partial charge in [0.2, 0.25) is 0 Å². The van der Waals surface area contributed by atoms with Crippen molar-refractivity contribution in [2.24, 2.45) is 13.0 Å². The lowest BCUT2D eigenvalue weighted by Crippen LogP contribution is -2.61. The van der Waals surface area contributed by atoms with Crippen molar-refractivity contribution >= 4 is 5.91 Å². The van der Waals surface area contributed by atoms with Crippen molar-refractivity contribution in [3.8, 4) is 0 Å². The first kappa shape index (κ1) is 19.8. The normalized spacial score (nSPS) is 27.7. The second-order valence-electron chi connectivity index (χ2n) is 9.19. The standard InChI is InChI=1S/C24H32N4O2/c1-26-22(10-12-25-26)21-17-27(13-11-19-6-3-2-4-7-19)18-24(21)23(29)28(14-15-30-24)16-20-8-5-9-20/h2-4,6-7,10,12,20-21H,5,8-9,11,13-18H2,1H3/t21-,24+/m0/s1. The lowest BCUT2D eigenvalue weighted by atomic mass is 9.82. The molecule has 0 N–H and O–H groups in total. The minimum absolute atomic E-state index is 0.0115. The number of hydrogen-bond donors (Lipinski definition) is 0. The maximum absolute atomic E-state index is 13.8. The average Bonchev–Trinajstić information content (AvgIpc) is 3.31. The Balaban J connectivity index is 1.38. The Morgan fingerprint density at radius 1 is 1.20 bits per heavy atom. The van der Waals surface area contributed by atoms with Crippen molar-refractivity contribution in [3.63, 3.8) is 0 Å². The zero-order valence-corrected chi connectivity index (χ0v) is 17.9. The summed E-state index contributed by atoms with van der Waals surface area (Å²) < 4.78 is 8.31. The van der Waals surface area contributed by atoms with Crippen LogP contribution >= 0.6 is 0 Å². The monoisotopic (exact) mass is 408 g/mol. The zero-order valence-electron chi connectivity index (χ0n) is 17.9.